The third-order valence-corrected chi connectivity index (χ3v) is 3.20. The summed E-state index contributed by atoms with van der Waals surface area (Å²) in [5, 5.41) is 13.0. The first-order chi connectivity index (χ1) is 7.27. The minimum atomic E-state index is 0.393. The molecule has 1 saturated carbocycles. The van der Waals surface area contributed by atoms with Gasteiger partial charge in [-0.15, -0.1) is 0 Å². The van der Waals surface area contributed by atoms with Crippen molar-refractivity contribution in [1.82, 2.24) is 5.32 Å². The predicted molar refractivity (Wildman–Crippen MR) is 61.7 cm³/mol. The monoisotopic (exact) mass is 205 g/mol. The molecule has 1 aliphatic carbocycles. The van der Waals surface area contributed by atoms with Crippen molar-refractivity contribution in [3.05, 3.63) is 29.8 Å². The summed E-state index contributed by atoms with van der Waals surface area (Å²) in [4.78, 5) is 0. The topological polar surface area (TPSA) is 32.3 Å². The Balaban J connectivity index is 1.75. The summed E-state index contributed by atoms with van der Waals surface area (Å²) in [5.41, 5.74) is 0.987. The average Bonchev–Trinajstić information content (AvgIpc) is 3.04. The highest BCUT2D eigenvalue weighted by Crippen LogP contribution is 2.36. The van der Waals surface area contributed by atoms with Crippen LogP contribution in [0.5, 0.6) is 5.75 Å². The molecular weight excluding hydrogens is 186 g/mol. The number of nitrogens with one attached hydrogen (secondary N) is 1. The molecule has 0 aromatic heterocycles. The van der Waals surface area contributed by atoms with Crippen LogP contribution in [0.3, 0.4) is 0 Å². The lowest BCUT2D eigenvalue weighted by Crippen LogP contribution is -2.21. The largest absolute Gasteiger partial charge is 0.508 e. The second-order valence-electron chi connectivity index (χ2n) is 4.57. The van der Waals surface area contributed by atoms with Crippen molar-refractivity contribution in [2.75, 3.05) is 6.54 Å². The second kappa shape index (κ2) is 4.67. The van der Waals surface area contributed by atoms with Crippen LogP contribution in [0.1, 0.15) is 25.3 Å². The van der Waals surface area contributed by atoms with E-state index in [0.717, 1.165) is 30.5 Å². The maximum atomic E-state index is 9.56. The zero-order valence-electron chi connectivity index (χ0n) is 9.24. The lowest BCUT2D eigenvalue weighted by atomic mass is 10.1. The second-order valence-corrected chi connectivity index (χ2v) is 4.57. The lowest BCUT2D eigenvalue weighted by molar-refractivity contribution is 0.444. The van der Waals surface area contributed by atoms with Gasteiger partial charge in [0.25, 0.3) is 0 Å². The van der Waals surface area contributed by atoms with Crippen LogP contribution in [0.4, 0.5) is 0 Å². The summed E-state index contributed by atoms with van der Waals surface area (Å²) in [7, 11) is 0. The van der Waals surface area contributed by atoms with Gasteiger partial charge in [0, 0.05) is 12.1 Å². The van der Waals surface area contributed by atoms with E-state index in [9.17, 15) is 5.11 Å². The first kappa shape index (κ1) is 10.5. The summed E-state index contributed by atoms with van der Waals surface area (Å²) < 4.78 is 0. The van der Waals surface area contributed by atoms with E-state index in [1.54, 1.807) is 6.07 Å². The molecule has 1 unspecified atom stereocenters. The van der Waals surface area contributed by atoms with Gasteiger partial charge in [-0.05, 0) is 37.3 Å². The number of aromatic hydroxyl groups is 1. The van der Waals surface area contributed by atoms with Crippen molar-refractivity contribution >= 4 is 0 Å². The van der Waals surface area contributed by atoms with Crippen molar-refractivity contribution in [1.29, 1.82) is 0 Å². The summed E-state index contributed by atoms with van der Waals surface area (Å²) >= 11 is 0. The molecule has 82 valence electrons. The first-order valence-electron chi connectivity index (χ1n) is 5.75. The van der Waals surface area contributed by atoms with Crippen molar-refractivity contribution in [3.8, 4) is 5.75 Å². The van der Waals surface area contributed by atoms with Crippen molar-refractivity contribution < 1.29 is 5.11 Å². The Morgan fingerprint density at radius 3 is 2.80 bits per heavy atom. The van der Waals surface area contributed by atoms with Gasteiger partial charge >= 0.3 is 0 Å². The van der Waals surface area contributed by atoms with Gasteiger partial charge in [-0.25, -0.2) is 0 Å². The molecule has 1 aliphatic rings. The van der Waals surface area contributed by atoms with Crippen LogP contribution < -0.4 is 5.32 Å². The van der Waals surface area contributed by atoms with Crippen LogP contribution in [-0.4, -0.2) is 11.7 Å². The molecule has 1 atom stereocenters. The number of hydrogen-bond acceptors (Lipinski definition) is 2. The van der Waals surface area contributed by atoms with Gasteiger partial charge in [0.15, 0.2) is 0 Å². The minimum absolute atomic E-state index is 0.393. The molecule has 2 rings (SSSR count). The normalized spacial score (nSPS) is 17.7. The van der Waals surface area contributed by atoms with E-state index in [4.69, 9.17) is 0 Å². The molecule has 0 bridgehead atoms. The molecule has 0 heterocycles. The molecule has 1 aromatic rings. The molecule has 2 heteroatoms. The highest BCUT2D eigenvalue weighted by Gasteiger charge is 2.27. The van der Waals surface area contributed by atoms with Crippen molar-refractivity contribution in [3.63, 3.8) is 0 Å². The molecule has 0 spiro atoms. The summed E-state index contributed by atoms with van der Waals surface area (Å²) in [6, 6.07) is 7.51. The van der Waals surface area contributed by atoms with Gasteiger partial charge < -0.3 is 10.4 Å². The molecule has 0 radical (unpaired) electrons. The number of para-hydroxylation sites is 1. The number of benzene rings is 1. The maximum absolute atomic E-state index is 9.56. The number of phenols is 1. The third-order valence-electron chi connectivity index (χ3n) is 3.20. The van der Waals surface area contributed by atoms with Crippen LogP contribution in [0.25, 0.3) is 0 Å². The van der Waals surface area contributed by atoms with Crippen LogP contribution >= 0.6 is 0 Å². The van der Waals surface area contributed by atoms with Gasteiger partial charge in [0.1, 0.15) is 5.75 Å². The summed E-state index contributed by atoms with van der Waals surface area (Å²) in [6.45, 7) is 4.12. The summed E-state index contributed by atoms with van der Waals surface area (Å²) in [5.74, 6) is 2.11. The average molecular weight is 205 g/mol. The van der Waals surface area contributed by atoms with Gasteiger partial charge in [-0.2, -0.15) is 0 Å². The number of rotatable bonds is 5. The van der Waals surface area contributed by atoms with Crippen LogP contribution in [-0.2, 0) is 6.54 Å². The SMILES string of the molecule is CC(CNCc1ccccc1O)C1CC1. The maximum Gasteiger partial charge on any atom is 0.120 e. The smallest absolute Gasteiger partial charge is 0.120 e. The van der Waals surface area contributed by atoms with Crippen LogP contribution in [0.15, 0.2) is 24.3 Å². The molecule has 0 amide bonds. The lowest BCUT2D eigenvalue weighted by Gasteiger charge is -2.11. The fourth-order valence-corrected chi connectivity index (χ4v) is 1.93. The molecule has 0 aliphatic heterocycles. The molecule has 15 heavy (non-hydrogen) atoms. The van der Waals surface area contributed by atoms with Crippen molar-refractivity contribution in [2.24, 2.45) is 11.8 Å². The Morgan fingerprint density at radius 2 is 2.13 bits per heavy atom. The Kier molecular flexibility index (Phi) is 3.27. The first-order valence-corrected chi connectivity index (χ1v) is 5.75. The van der Waals surface area contributed by atoms with E-state index in [-0.39, 0.29) is 0 Å². The van der Waals surface area contributed by atoms with Gasteiger partial charge in [0.05, 0.1) is 0 Å². The fraction of sp³-hybridized carbons (Fsp3) is 0.538. The quantitative estimate of drug-likeness (QED) is 0.774. The number of phenolic OH excluding ortho intramolecular Hbond substituents is 1. The van der Waals surface area contributed by atoms with Crippen molar-refractivity contribution in [2.45, 2.75) is 26.3 Å². The van der Waals surface area contributed by atoms with Crippen LogP contribution in [0, 0.1) is 11.8 Å². The Labute approximate surface area is 91.3 Å². The highest BCUT2D eigenvalue weighted by molar-refractivity contribution is 5.31. The minimum Gasteiger partial charge on any atom is -0.508 e. The van der Waals surface area contributed by atoms with Gasteiger partial charge in [-0.1, -0.05) is 25.1 Å². The Hall–Kier alpha value is -1.02. The Morgan fingerprint density at radius 1 is 1.40 bits per heavy atom. The summed E-state index contributed by atoms with van der Waals surface area (Å²) in [6.07, 6.45) is 2.80. The standard InChI is InChI=1S/C13H19NO/c1-10(11-6-7-11)8-14-9-12-4-2-3-5-13(12)15/h2-5,10-11,14-15H,6-9H2,1H3. The molecule has 2 N–H and O–H groups in total. The molecule has 1 fully saturated rings. The fourth-order valence-electron chi connectivity index (χ4n) is 1.93. The highest BCUT2D eigenvalue weighted by atomic mass is 16.3. The molecule has 1 aromatic carbocycles. The molecule has 0 saturated heterocycles. The zero-order chi connectivity index (χ0) is 10.7. The predicted octanol–water partition coefficient (Wildman–Crippen LogP) is 2.53. The van der Waals surface area contributed by atoms with E-state index in [1.807, 2.05) is 18.2 Å². The van der Waals surface area contributed by atoms with E-state index in [2.05, 4.69) is 12.2 Å². The van der Waals surface area contributed by atoms with E-state index >= 15 is 0 Å². The van der Waals surface area contributed by atoms with E-state index in [1.165, 1.54) is 12.8 Å². The third kappa shape index (κ3) is 2.96. The van der Waals surface area contributed by atoms with E-state index < -0.39 is 0 Å². The zero-order valence-corrected chi connectivity index (χ0v) is 9.24. The molecular formula is C13H19NO. The Bertz CT molecular complexity index is 320. The van der Waals surface area contributed by atoms with E-state index in [0.29, 0.717) is 5.75 Å². The molecule has 2 nitrogen and oxygen atoms in total. The van der Waals surface area contributed by atoms with Gasteiger partial charge in [0.2, 0.25) is 0 Å². The van der Waals surface area contributed by atoms with Crippen LogP contribution in [0.2, 0.25) is 0 Å². The number of hydrogen-bond donors (Lipinski definition) is 2. The van der Waals surface area contributed by atoms with Gasteiger partial charge in [-0.3, -0.25) is 0 Å².